The van der Waals surface area contributed by atoms with Gasteiger partial charge in [-0.15, -0.1) is 0 Å². The van der Waals surface area contributed by atoms with Crippen LogP contribution in [0, 0.1) is 0 Å². The number of carbonyl (C=O) groups excluding carboxylic acids is 1. The molecule has 0 unspecified atom stereocenters. The number of carbonyl (C=O) groups is 1. The van der Waals surface area contributed by atoms with Gasteiger partial charge in [-0.25, -0.2) is 0 Å². The highest BCUT2D eigenvalue weighted by Gasteiger charge is 2.44. The fraction of sp³-hybridized carbons (Fsp3) is 0.350. The zero-order valence-corrected chi connectivity index (χ0v) is 16.3. The molecule has 0 aromatic heterocycles. The van der Waals surface area contributed by atoms with Gasteiger partial charge in [0.2, 0.25) is 6.29 Å². The third-order valence-corrected chi connectivity index (χ3v) is 5.13. The van der Waals surface area contributed by atoms with Crippen LogP contribution in [0.25, 0.3) is 11.1 Å². The van der Waals surface area contributed by atoms with Gasteiger partial charge in [-0.2, -0.15) is 0 Å². The zero-order valence-electron chi connectivity index (χ0n) is 15.5. The normalized spacial score (nSPS) is 26.8. The van der Waals surface area contributed by atoms with Crippen molar-refractivity contribution in [2.24, 2.45) is 0 Å². The van der Waals surface area contributed by atoms with E-state index in [1.165, 1.54) is 0 Å². The number of amides is 1. The molecule has 5 atom stereocenters. The Balaban J connectivity index is 1.84. The van der Waals surface area contributed by atoms with E-state index in [1.54, 1.807) is 49.5 Å². The smallest absolute Gasteiger partial charge is 0.251 e. The van der Waals surface area contributed by atoms with Crippen LogP contribution in [0.3, 0.4) is 0 Å². The molecule has 2 aromatic rings. The topological polar surface area (TPSA) is 128 Å². The molecule has 5 N–H and O–H groups in total. The summed E-state index contributed by atoms with van der Waals surface area (Å²) in [7, 11) is 1.55. The summed E-state index contributed by atoms with van der Waals surface area (Å²) < 4.78 is 11.0. The van der Waals surface area contributed by atoms with Crippen molar-refractivity contribution >= 4 is 17.5 Å². The lowest BCUT2D eigenvalue weighted by Crippen LogP contribution is -2.60. The first-order valence-electron chi connectivity index (χ1n) is 8.95. The average molecular weight is 424 g/mol. The van der Waals surface area contributed by atoms with E-state index in [-0.39, 0.29) is 16.7 Å². The van der Waals surface area contributed by atoms with Gasteiger partial charge in [0.25, 0.3) is 5.91 Å². The molecule has 29 heavy (non-hydrogen) atoms. The Hall–Kier alpha value is -2.20. The zero-order chi connectivity index (χ0) is 21.1. The molecule has 1 aliphatic rings. The molecule has 1 saturated heterocycles. The molecule has 0 radical (unpaired) electrons. The Morgan fingerprint density at radius 2 is 1.79 bits per heavy atom. The van der Waals surface area contributed by atoms with Crippen molar-refractivity contribution in [2.45, 2.75) is 30.7 Å². The molecule has 2 aromatic carbocycles. The van der Waals surface area contributed by atoms with Crippen molar-refractivity contribution in [1.82, 2.24) is 5.32 Å². The summed E-state index contributed by atoms with van der Waals surface area (Å²) in [5.41, 5.74) is 1.86. The molecule has 156 valence electrons. The number of rotatable bonds is 5. The second kappa shape index (κ2) is 9.08. The Bertz CT molecular complexity index is 858. The second-order valence-electron chi connectivity index (χ2n) is 6.59. The summed E-state index contributed by atoms with van der Waals surface area (Å²) in [5.74, 6) is -0.0220. The summed E-state index contributed by atoms with van der Waals surface area (Å²) >= 11 is 6.47. The Morgan fingerprint density at radius 1 is 1.10 bits per heavy atom. The van der Waals surface area contributed by atoms with Crippen LogP contribution in [0.5, 0.6) is 5.75 Å². The molecule has 0 spiro atoms. The monoisotopic (exact) mass is 423 g/mol. The predicted octanol–water partition coefficient (Wildman–Crippen LogP) is 0.545. The average Bonchev–Trinajstić information content (AvgIpc) is 2.75. The minimum Gasteiger partial charge on any atom is -0.460 e. The molecule has 1 heterocycles. The highest BCUT2D eigenvalue weighted by molar-refractivity contribution is 6.34. The quantitative estimate of drug-likeness (QED) is 0.475. The maximum absolute atomic E-state index is 11.7. The van der Waals surface area contributed by atoms with Crippen molar-refractivity contribution in [3.8, 4) is 16.9 Å². The number of halogens is 1. The number of aliphatic hydroxyl groups is 4. The SMILES string of the molecule is CNC(=O)c1ccc(-c2cccc(O[C@H]3O[C@H](CO)[C@@H](O)[C@H](O)[C@@H]3O)c2Cl)cc1. The molecule has 0 bridgehead atoms. The van der Waals surface area contributed by atoms with E-state index in [0.717, 1.165) is 5.56 Å². The highest BCUT2D eigenvalue weighted by Crippen LogP contribution is 2.37. The first-order chi connectivity index (χ1) is 13.9. The van der Waals surface area contributed by atoms with E-state index < -0.39 is 37.3 Å². The van der Waals surface area contributed by atoms with Crippen LogP contribution in [0.4, 0.5) is 0 Å². The van der Waals surface area contributed by atoms with Crippen molar-refractivity contribution in [3.05, 3.63) is 53.1 Å². The van der Waals surface area contributed by atoms with E-state index in [9.17, 15) is 25.2 Å². The van der Waals surface area contributed by atoms with Crippen molar-refractivity contribution in [1.29, 1.82) is 0 Å². The van der Waals surface area contributed by atoms with Crippen LogP contribution in [0.2, 0.25) is 5.02 Å². The number of aliphatic hydroxyl groups excluding tert-OH is 4. The standard InChI is InChI=1S/C20H22ClNO7/c1-22-19(27)11-7-5-10(6-8-11)12-3-2-4-13(15(12)21)28-20-18(26)17(25)16(24)14(9-23)29-20/h2-8,14,16-18,20,23-26H,9H2,1H3,(H,22,27)/t14-,16-,17+,18+,20+/m1/s1. The van der Waals surface area contributed by atoms with Gasteiger partial charge in [0.1, 0.15) is 30.2 Å². The van der Waals surface area contributed by atoms with Crippen LogP contribution in [0.15, 0.2) is 42.5 Å². The fourth-order valence-corrected chi connectivity index (χ4v) is 3.34. The van der Waals surface area contributed by atoms with Crippen molar-refractivity contribution in [2.75, 3.05) is 13.7 Å². The van der Waals surface area contributed by atoms with Gasteiger partial charge in [-0.3, -0.25) is 4.79 Å². The Kier molecular flexibility index (Phi) is 6.74. The first kappa shape index (κ1) is 21.5. The maximum Gasteiger partial charge on any atom is 0.251 e. The minimum atomic E-state index is -1.55. The molecule has 9 heteroatoms. The molecule has 8 nitrogen and oxygen atoms in total. The van der Waals surface area contributed by atoms with Crippen molar-refractivity contribution < 1.29 is 34.7 Å². The molecule has 1 amide bonds. The van der Waals surface area contributed by atoms with Crippen LogP contribution < -0.4 is 10.1 Å². The van der Waals surface area contributed by atoms with E-state index in [1.807, 2.05) is 0 Å². The van der Waals surface area contributed by atoms with E-state index in [4.69, 9.17) is 21.1 Å². The largest absolute Gasteiger partial charge is 0.460 e. The van der Waals surface area contributed by atoms with Crippen LogP contribution in [-0.2, 0) is 4.74 Å². The Labute approximate surface area is 172 Å². The van der Waals surface area contributed by atoms with Gasteiger partial charge < -0.3 is 35.2 Å². The lowest BCUT2D eigenvalue weighted by atomic mass is 9.99. The molecule has 0 aliphatic carbocycles. The number of nitrogens with one attached hydrogen (secondary N) is 1. The highest BCUT2D eigenvalue weighted by atomic mass is 35.5. The van der Waals surface area contributed by atoms with Gasteiger partial charge >= 0.3 is 0 Å². The van der Waals surface area contributed by atoms with Gasteiger partial charge in [0.05, 0.1) is 11.6 Å². The number of hydrogen-bond donors (Lipinski definition) is 5. The van der Waals surface area contributed by atoms with Crippen LogP contribution in [0.1, 0.15) is 10.4 Å². The van der Waals surface area contributed by atoms with Crippen molar-refractivity contribution in [3.63, 3.8) is 0 Å². The maximum atomic E-state index is 11.7. The summed E-state index contributed by atoms with van der Waals surface area (Å²) in [6.07, 6.45) is -6.99. The summed E-state index contributed by atoms with van der Waals surface area (Å²) in [4.78, 5) is 11.7. The summed E-state index contributed by atoms with van der Waals surface area (Å²) in [6.45, 7) is -0.559. The summed E-state index contributed by atoms with van der Waals surface area (Å²) in [5, 5.41) is 42.0. The number of benzene rings is 2. The van der Waals surface area contributed by atoms with E-state index in [2.05, 4.69) is 5.32 Å². The Morgan fingerprint density at radius 3 is 2.41 bits per heavy atom. The fourth-order valence-electron chi connectivity index (χ4n) is 3.06. The lowest BCUT2D eigenvalue weighted by molar-refractivity contribution is -0.277. The second-order valence-corrected chi connectivity index (χ2v) is 6.97. The van der Waals surface area contributed by atoms with E-state index in [0.29, 0.717) is 11.1 Å². The lowest BCUT2D eigenvalue weighted by Gasteiger charge is -2.39. The van der Waals surface area contributed by atoms with Crippen LogP contribution in [-0.4, -0.2) is 70.7 Å². The third-order valence-electron chi connectivity index (χ3n) is 4.74. The van der Waals surface area contributed by atoms with E-state index >= 15 is 0 Å². The molecule has 1 aliphatic heterocycles. The summed E-state index contributed by atoms with van der Waals surface area (Å²) in [6, 6.07) is 11.8. The van der Waals surface area contributed by atoms with Gasteiger partial charge in [0, 0.05) is 18.2 Å². The van der Waals surface area contributed by atoms with Gasteiger partial charge in [-0.1, -0.05) is 35.9 Å². The molecular formula is C20H22ClNO7. The molecule has 1 fully saturated rings. The first-order valence-corrected chi connectivity index (χ1v) is 9.33. The molecule has 3 rings (SSSR count). The van der Waals surface area contributed by atoms with Gasteiger partial charge in [-0.05, 0) is 23.8 Å². The number of hydrogen-bond acceptors (Lipinski definition) is 7. The third kappa shape index (κ3) is 4.37. The molecular weight excluding hydrogens is 402 g/mol. The van der Waals surface area contributed by atoms with Gasteiger partial charge in [0.15, 0.2) is 0 Å². The number of ether oxygens (including phenoxy) is 2. The minimum absolute atomic E-state index is 0.184. The van der Waals surface area contributed by atoms with Crippen LogP contribution >= 0.6 is 11.6 Å². The predicted molar refractivity (Wildman–Crippen MR) is 105 cm³/mol. The molecule has 0 saturated carbocycles.